The topological polar surface area (TPSA) is 64.9 Å². The van der Waals surface area contributed by atoms with Crippen molar-refractivity contribution in [1.29, 1.82) is 0 Å². The fraction of sp³-hybridized carbons (Fsp3) is 0.263. The number of aryl methyl sites for hydroxylation is 1. The van der Waals surface area contributed by atoms with Crippen LogP contribution in [0.2, 0.25) is 0 Å². The second-order valence-electron chi connectivity index (χ2n) is 6.34. The van der Waals surface area contributed by atoms with Crippen molar-refractivity contribution in [1.82, 2.24) is 10.5 Å². The molecule has 1 aliphatic heterocycles. The molecule has 3 rings (SSSR count). The fourth-order valence-corrected chi connectivity index (χ4v) is 3.61. The maximum atomic E-state index is 12.4. The van der Waals surface area contributed by atoms with Gasteiger partial charge < -0.3 is 0 Å². The molecule has 130 valence electrons. The summed E-state index contributed by atoms with van der Waals surface area (Å²) >= 11 is 1.50. The normalized spacial score (nSPS) is 19.2. The van der Waals surface area contributed by atoms with Gasteiger partial charge in [-0.05, 0) is 19.4 Å². The summed E-state index contributed by atoms with van der Waals surface area (Å²) in [5.41, 5.74) is 6.13. The van der Waals surface area contributed by atoms with Gasteiger partial charge in [0, 0.05) is 5.56 Å². The Morgan fingerprint density at radius 1 is 1.20 bits per heavy atom. The molecule has 0 radical (unpaired) electrons. The highest BCUT2D eigenvalue weighted by atomic mass is 32.2. The number of thioether (sulfide) groups is 1. The number of nitrogens with zero attached hydrogens (tertiary/aromatic N) is 2. The lowest BCUT2D eigenvalue weighted by molar-refractivity contribution is -0.168. The van der Waals surface area contributed by atoms with Crippen LogP contribution in [0.4, 0.5) is 0 Å². The molecule has 0 aromatic heterocycles. The van der Waals surface area contributed by atoms with Gasteiger partial charge in [-0.25, -0.2) is 5.06 Å². The molecule has 1 aliphatic rings. The SMILES string of the molecule is Cc1ccc(C2=NNC(C)(CC(=O)N(O)Cc3ccccc3)S2)cc1. The maximum Gasteiger partial charge on any atom is 0.249 e. The molecule has 1 heterocycles. The molecule has 0 spiro atoms. The zero-order valence-electron chi connectivity index (χ0n) is 14.3. The maximum absolute atomic E-state index is 12.4. The van der Waals surface area contributed by atoms with E-state index in [0.29, 0.717) is 0 Å². The van der Waals surface area contributed by atoms with Gasteiger partial charge in [-0.15, -0.1) is 0 Å². The quantitative estimate of drug-likeness (QED) is 0.636. The molecule has 2 N–H and O–H groups in total. The van der Waals surface area contributed by atoms with Gasteiger partial charge in [-0.1, -0.05) is 71.9 Å². The summed E-state index contributed by atoms with van der Waals surface area (Å²) in [5, 5.41) is 16.1. The van der Waals surface area contributed by atoms with Crippen molar-refractivity contribution in [2.24, 2.45) is 5.10 Å². The highest BCUT2D eigenvalue weighted by Crippen LogP contribution is 2.35. The number of carbonyl (C=O) groups is 1. The molecule has 5 nitrogen and oxygen atoms in total. The molecule has 1 unspecified atom stereocenters. The predicted octanol–water partition coefficient (Wildman–Crippen LogP) is 3.52. The summed E-state index contributed by atoms with van der Waals surface area (Å²) < 4.78 is 0. The van der Waals surface area contributed by atoms with E-state index < -0.39 is 4.87 Å². The molecular weight excluding hydrogens is 334 g/mol. The van der Waals surface area contributed by atoms with Crippen molar-refractivity contribution in [3.05, 3.63) is 71.3 Å². The Kier molecular flexibility index (Phi) is 5.11. The zero-order valence-corrected chi connectivity index (χ0v) is 15.1. The summed E-state index contributed by atoms with van der Waals surface area (Å²) in [6.07, 6.45) is 0.139. The van der Waals surface area contributed by atoms with E-state index in [2.05, 4.69) is 10.5 Å². The van der Waals surface area contributed by atoms with Crippen molar-refractivity contribution in [3.63, 3.8) is 0 Å². The van der Waals surface area contributed by atoms with E-state index in [1.807, 2.05) is 68.4 Å². The first-order chi connectivity index (χ1) is 12.0. The average molecular weight is 355 g/mol. The van der Waals surface area contributed by atoms with Gasteiger partial charge in [-0.3, -0.25) is 15.4 Å². The molecule has 2 aromatic rings. The summed E-state index contributed by atoms with van der Waals surface area (Å²) in [5.74, 6) is -0.341. The molecule has 0 aliphatic carbocycles. The number of hydrogen-bond donors (Lipinski definition) is 2. The van der Waals surface area contributed by atoms with Crippen LogP contribution in [-0.4, -0.2) is 26.1 Å². The van der Waals surface area contributed by atoms with Crippen molar-refractivity contribution >= 4 is 22.7 Å². The number of nitrogens with one attached hydrogen (secondary N) is 1. The van der Waals surface area contributed by atoms with Crippen LogP contribution < -0.4 is 5.43 Å². The van der Waals surface area contributed by atoms with Gasteiger partial charge in [-0.2, -0.15) is 5.10 Å². The molecule has 0 saturated heterocycles. The third kappa shape index (κ3) is 4.41. The van der Waals surface area contributed by atoms with Crippen LogP contribution in [0.3, 0.4) is 0 Å². The highest BCUT2D eigenvalue weighted by molar-refractivity contribution is 8.15. The third-order valence-corrected chi connectivity index (χ3v) is 5.17. The molecule has 2 aromatic carbocycles. The number of hydrogen-bond acceptors (Lipinski definition) is 5. The van der Waals surface area contributed by atoms with Crippen molar-refractivity contribution in [2.45, 2.75) is 31.7 Å². The molecule has 25 heavy (non-hydrogen) atoms. The number of rotatable bonds is 5. The van der Waals surface area contributed by atoms with Crippen LogP contribution in [0.15, 0.2) is 59.7 Å². The van der Waals surface area contributed by atoms with Gasteiger partial charge in [0.1, 0.15) is 9.91 Å². The number of hydrazone groups is 1. The minimum Gasteiger partial charge on any atom is -0.292 e. The standard InChI is InChI=1S/C19H21N3O2S/c1-14-8-10-16(11-9-14)18-20-21-19(2,25-18)12-17(23)22(24)13-15-6-4-3-5-7-15/h3-11,21,24H,12-13H2,1-2H3. The minimum atomic E-state index is -0.574. The van der Waals surface area contributed by atoms with E-state index in [4.69, 9.17) is 0 Å². The van der Waals surface area contributed by atoms with Crippen LogP contribution in [0.5, 0.6) is 0 Å². The molecule has 0 fully saturated rings. The van der Waals surface area contributed by atoms with E-state index in [1.54, 1.807) is 0 Å². The number of hydroxylamine groups is 2. The number of benzene rings is 2. The van der Waals surface area contributed by atoms with E-state index in [-0.39, 0.29) is 18.9 Å². The molecule has 1 amide bonds. The molecule has 0 bridgehead atoms. The minimum absolute atomic E-state index is 0.139. The predicted molar refractivity (Wildman–Crippen MR) is 100 cm³/mol. The van der Waals surface area contributed by atoms with Crippen molar-refractivity contribution in [2.75, 3.05) is 0 Å². The van der Waals surface area contributed by atoms with Gasteiger partial charge in [0.2, 0.25) is 5.91 Å². The van der Waals surface area contributed by atoms with Gasteiger partial charge in [0.15, 0.2) is 0 Å². The van der Waals surface area contributed by atoms with Gasteiger partial charge in [0.05, 0.1) is 13.0 Å². The van der Waals surface area contributed by atoms with Crippen molar-refractivity contribution in [3.8, 4) is 0 Å². The summed E-state index contributed by atoms with van der Waals surface area (Å²) in [4.78, 5) is 11.8. The van der Waals surface area contributed by atoms with E-state index in [1.165, 1.54) is 17.3 Å². The van der Waals surface area contributed by atoms with Crippen LogP contribution >= 0.6 is 11.8 Å². The lowest BCUT2D eigenvalue weighted by Gasteiger charge is -2.24. The summed E-state index contributed by atoms with van der Waals surface area (Å²) in [7, 11) is 0. The Bertz CT molecular complexity index is 777. The zero-order chi connectivity index (χ0) is 17.9. The fourth-order valence-electron chi connectivity index (χ4n) is 2.55. The van der Waals surface area contributed by atoms with E-state index in [0.717, 1.165) is 21.2 Å². The first-order valence-electron chi connectivity index (χ1n) is 8.09. The van der Waals surface area contributed by atoms with Gasteiger partial charge >= 0.3 is 0 Å². The van der Waals surface area contributed by atoms with Crippen LogP contribution in [0.25, 0.3) is 0 Å². The van der Waals surface area contributed by atoms with E-state index >= 15 is 0 Å². The first kappa shape index (κ1) is 17.5. The van der Waals surface area contributed by atoms with Gasteiger partial charge in [0.25, 0.3) is 0 Å². The summed E-state index contributed by atoms with van der Waals surface area (Å²) in [6, 6.07) is 17.5. The molecule has 1 atom stereocenters. The van der Waals surface area contributed by atoms with Crippen LogP contribution in [-0.2, 0) is 11.3 Å². The Balaban J connectivity index is 1.59. The largest absolute Gasteiger partial charge is 0.292 e. The van der Waals surface area contributed by atoms with Crippen LogP contribution in [0.1, 0.15) is 30.0 Å². The van der Waals surface area contributed by atoms with Crippen LogP contribution in [0, 0.1) is 6.92 Å². The monoisotopic (exact) mass is 355 g/mol. The van der Waals surface area contributed by atoms with E-state index in [9.17, 15) is 10.0 Å². The Morgan fingerprint density at radius 3 is 2.56 bits per heavy atom. The first-order valence-corrected chi connectivity index (χ1v) is 8.91. The smallest absolute Gasteiger partial charge is 0.249 e. The number of amides is 1. The molecule has 6 heteroatoms. The third-order valence-electron chi connectivity index (χ3n) is 3.97. The van der Waals surface area contributed by atoms with Crippen molar-refractivity contribution < 1.29 is 10.0 Å². The second-order valence-corrected chi connectivity index (χ2v) is 7.83. The summed E-state index contributed by atoms with van der Waals surface area (Å²) in [6.45, 7) is 4.12. The lowest BCUT2D eigenvalue weighted by atomic mass is 10.2. The lowest BCUT2D eigenvalue weighted by Crippen LogP contribution is -2.39. The highest BCUT2D eigenvalue weighted by Gasteiger charge is 2.36. The Hall–Kier alpha value is -2.31. The Morgan fingerprint density at radius 2 is 1.88 bits per heavy atom. The Labute approximate surface area is 151 Å². The average Bonchev–Trinajstić information content (AvgIpc) is 2.98. The number of carbonyl (C=O) groups excluding carboxylic acids is 1. The molecule has 0 saturated carbocycles. The second kappa shape index (κ2) is 7.29. The molecular formula is C19H21N3O2S.